The molecule has 3 rings (SSSR count). The van der Waals surface area contributed by atoms with Crippen LogP contribution in [0.3, 0.4) is 0 Å². The molecule has 0 bridgehead atoms. The van der Waals surface area contributed by atoms with Crippen LogP contribution in [0.5, 0.6) is 0 Å². The lowest BCUT2D eigenvalue weighted by atomic mass is 9.95. The van der Waals surface area contributed by atoms with Gasteiger partial charge in [-0.3, -0.25) is 4.79 Å². The monoisotopic (exact) mass is 322 g/mol. The fraction of sp³-hybridized carbons (Fsp3) is 0.533. The van der Waals surface area contributed by atoms with Crippen molar-refractivity contribution in [3.05, 3.63) is 34.3 Å². The fourth-order valence-electron chi connectivity index (χ4n) is 2.86. The fourth-order valence-corrected chi connectivity index (χ4v) is 3.57. The number of nitrogens with one attached hydrogen (secondary N) is 2. The van der Waals surface area contributed by atoms with Gasteiger partial charge in [-0.1, -0.05) is 34.1 Å². The zero-order chi connectivity index (χ0) is 13.3. The molecule has 2 aliphatic rings. The van der Waals surface area contributed by atoms with Crippen molar-refractivity contribution in [1.82, 2.24) is 10.6 Å². The Bertz CT molecular complexity index is 479. The van der Waals surface area contributed by atoms with Crippen LogP contribution in [0.1, 0.15) is 24.8 Å². The van der Waals surface area contributed by atoms with Crippen molar-refractivity contribution in [2.75, 3.05) is 19.6 Å². The third kappa shape index (κ3) is 2.70. The van der Waals surface area contributed by atoms with Gasteiger partial charge in [0.15, 0.2) is 0 Å². The van der Waals surface area contributed by atoms with Crippen LogP contribution in [0.15, 0.2) is 28.7 Å². The van der Waals surface area contributed by atoms with Gasteiger partial charge in [0.1, 0.15) is 0 Å². The standard InChI is InChI=1S/C15H19BrN2O/c16-13-4-2-1-3-12(13)15(6-7-15)10-18-14(19)11-5-8-17-9-11/h1-4,11,17H,5-10H2,(H,18,19). The van der Waals surface area contributed by atoms with Crippen LogP contribution in [0, 0.1) is 5.92 Å². The van der Waals surface area contributed by atoms with Gasteiger partial charge in [0.2, 0.25) is 5.91 Å². The van der Waals surface area contributed by atoms with Gasteiger partial charge in [0, 0.05) is 23.0 Å². The maximum Gasteiger partial charge on any atom is 0.224 e. The molecule has 0 radical (unpaired) electrons. The second-order valence-corrected chi connectivity index (χ2v) is 6.52. The first-order chi connectivity index (χ1) is 9.21. The largest absolute Gasteiger partial charge is 0.355 e. The molecular formula is C15H19BrN2O. The molecule has 1 amide bonds. The van der Waals surface area contributed by atoms with E-state index < -0.39 is 0 Å². The molecular weight excluding hydrogens is 304 g/mol. The molecule has 1 atom stereocenters. The van der Waals surface area contributed by atoms with E-state index in [1.165, 1.54) is 18.4 Å². The minimum absolute atomic E-state index is 0.162. The molecule has 1 aliphatic carbocycles. The third-order valence-electron chi connectivity index (χ3n) is 4.33. The van der Waals surface area contributed by atoms with E-state index in [0.717, 1.165) is 30.5 Å². The van der Waals surface area contributed by atoms with E-state index in [0.29, 0.717) is 0 Å². The topological polar surface area (TPSA) is 41.1 Å². The van der Waals surface area contributed by atoms with Crippen molar-refractivity contribution < 1.29 is 4.79 Å². The summed E-state index contributed by atoms with van der Waals surface area (Å²) in [4.78, 5) is 12.1. The molecule has 4 heteroatoms. The molecule has 1 aromatic carbocycles. The van der Waals surface area contributed by atoms with Crippen molar-refractivity contribution >= 4 is 21.8 Å². The van der Waals surface area contributed by atoms with E-state index in [9.17, 15) is 4.79 Å². The van der Waals surface area contributed by atoms with Crippen LogP contribution >= 0.6 is 15.9 Å². The Morgan fingerprint density at radius 2 is 2.21 bits per heavy atom. The Balaban J connectivity index is 1.63. The van der Waals surface area contributed by atoms with Crippen LogP contribution < -0.4 is 10.6 Å². The van der Waals surface area contributed by atoms with E-state index in [-0.39, 0.29) is 17.2 Å². The second-order valence-electron chi connectivity index (χ2n) is 5.67. The zero-order valence-electron chi connectivity index (χ0n) is 10.9. The summed E-state index contributed by atoms with van der Waals surface area (Å²) in [7, 11) is 0. The van der Waals surface area contributed by atoms with Gasteiger partial charge in [-0.15, -0.1) is 0 Å². The van der Waals surface area contributed by atoms with E-state index in [4.69, 9.17) is 0 Å². The first kappa shape index (κ1) is 13.1. The number of rotatable bonds is 4. The molecule has 2 N–H and O–H groups in total. The predicted molar refractivity (Wildman–Crippen MR) is 79.0 cm³/mol. The molecule has 1 unspecified atom stereocenters. The number of amides is 1. The SMILES string of the molecule is O=C(NCC1(c2ccccc2Br)CC1)C1CCNC1. The molecule has 1 saturated carbocycles. The van der Waals surface area contributed by atoms with Crippen LogP contribution in [-0.4, -0.2) is 25.5 Å². The Kier molecular flexibility index (Phi) is 3.63. The van der Waals surface area contributed by atoms with Crippen molar-refractivity contribution in [3.63, 3.8) is 0 Å². The van der Waals surface area contributed by atoms with Crippen LogP contribution in [-0.2, 0) is 10.2 Å². The van der Waals surface area contributed by atoms with Crippen molar-refractivity contribution in [1.29, 1.82) is 0 Å². The van der Waals surface area contributed by atoms with Gasteiger partial charge in [0.25, 0.3) is 0 Å². The van der Waals surface area contributed by atoms with Gasteiger partial charge in [-0.2, -0.15) is 0 Å². The summed E-state index contributed by atoms with van der Waals surface area (Å²) in [6, 6.07) is 8.35. The molecule has 0 spiro atoms. The zero-order valence-corrected chi connectivity index (χ0v) is 12.5. The Morgan fingerprint density at radius 3 is 2.84 bits per heavy atom. The number of carbonyl (C=O) groups is 1. The maximum atomic E-state index is 12.1. The molecule has 3 nitrogen and oxygen atoms in total. The smallest absolute Gasteiger partial charge is 0.224 e. The Hall–Kier alpha value is -0.870. The van der Waals surface area contributed by atoms with Gasteiger partial charge < -0.3 is 10.6 Å². The van der Waals surface area contributed by atoms with E-state index >= 15 is 0 Å². The van der Waals surface area contributed by atoms with Crippen molar-refractivity contribution in [2.24, 2.45) is 5.92 Å². The van der Waals surface area contributed by atoms with E-state index in [2.05, 4.69) is 44.8 Å². The first-order valence-electron chi connectivity index (χ1n) is 6.95. The molecule has 1 aromatic rings. The number of carbonyl (C=O) groups excluding carboxylic acids is 1. The summed E-state index contributed by atoms with van der Waals surface area (Å²) in [6.07, 6.45) is 3.30. The van der Waals surface area contributed by atoms with Crippen LogP contribution in [0.25, 0.3) is 0 Å². The molecule has 102 valence electrons. The van der Waals surface area contributed by atoms with Gasteiger partial charge in [0.05, 0.1) is 5.92 Å². The summed E-state index contributed by atoms with van der Waals surface area (Å²) in [5, 5.41) is 6.39. The van der Waals surface area contributed by atoms with Crippen molar-refractivity contribution in [3.8, 4) is 0 Å². The molecule has 0 aromatic heterocycles. The molecule has 1 heterocycles. The summed E-state index contributed by atoms with van der Waals surface area (Å²) in [6.45, 7) is 2.56. The van der Waals surface area contributed by atoms with Gasteiger partial charge >= 0.3 is 0 Å². The molecule has 1 aliphatic heterocycles. The van der Waals surface area contributed by atoms with Crippen LogP contribution in [0.2, 0.25) is 0 Å². The quantitative estimate of drug-likeness (QED) is 0.892. The highest BCUT2D eigenvalue weighted by Gasteiger charge is 2.45. The van der Waals surface area contributed by atoms with Gasteiger partial charge in [-0.05, 0) is 37.4 Å². The third-order valence-corrected chi connectivity index (χ3v) is 5.02. The lowest BCUT2D eigenvalue weighted by Crippen LogP contribution is -2.37. The second kappa shape index (κ2) is 5.25. The summed E-state index contributed by atoms with van der Waals surface area (Å²) in [5.74, 6) is 0.373. The molecule has 1 saturated heterocycles. The first-order valence-corrected chi connectivity index (χ1v) is 7.74. The number of benzene rings is 1. The van der Waals surface area contributed by atoms with Crippen LogP contribution in [0.4, 0.5) is 0 Å². The average Bonchev–Trinajstić information content (AvgIpc) is 3.00. The summed E-state index contributed by atoms with van der Waals surface area (Å²) < 4.78 is 1.16. The molecule has 19 heavy (non-hydrogen) atoms. The molecule has 2 fully saturated rings. The summed E-state index contributed by atoms with van der Waals surface area (Å²) in [5.41, 5.74) is 1.50. The normalized spacial score (nSPS) is 24.2. The number of hydrogen-bond donors (Lipinski definition) is 2. The van der Waals surface area contributed by atoms with Crippen molar-refractivity contribution in [2.45, 2.75) is 24.7 Å². The van der Waals surface area contributed by atoms with E-state index in [1.54, 1.807) is 0 Å². The number of hydrogen-bond acceptors (Lipinski definition) is 2. The lowest BCUT2D eigenvalue weighted by Gasteiger charge is -2.19. The van der Waals surface area contributed by atoms with Gasteiger partial charge in [-0.25, -0.2) is 0 Å². The Labute approximate surface area is 122 Å². The minimum Gasteiger partial charge on any atom is -0.355 e. The summed E-state index contributed by atoms with van der Waals surface area (Å²) >= 11 is 3.62. The maximum absolute atomic E-state index is 12.1. The predicted octanol–water partition coefficient (Wildman–Crippen LogP) is 2.21. The highest BCUT2D eigenvalue weighted by Crippen LogP contribution is 2.49. The highest BCUT2D eigenvalue weighted by molar-refractivity contribution is 9.10. The highest BCUT2D eigenvalue weighted by atomic mass is 79.9. The average molecular weight is 323 g/mol. The minimum atomic E-state index is 0.162. The number of halogens is 1. The lowest BCUT2D eigenvalue weighted by molar-refractivity contribution is -0.124. The van der Waals surface area contributed by atoms with E-state index in [1.807, 2.05) is 6.07 Å². The Morgan fingerprint density at radius 1 is 1.42 bits per heavy atom.